The average molecular weight is 1140 g/mol. The number of carbonyl (C=O) groups is 6. The number of aliphatic hydroxyl groups excluding tert-OH is 2. The van der Waals surface area contributed by atoms with E-state index in [1.165, 1.54) is 64.3 Å². The van der Waals surface area contributed by atoms with Gasteiger partial charge < -0.3 is 73.4 Å². The van der Waals surface area contributed by atoms with Crippen molar-refractivity contribution < 1.29 is 82.0 Å². The van der Waals surface area contributed by atoms with Gasteiger partial charge in [-0.05, 0) is 45.8 Å². The maximum atomic E-state index is 16.4. The number of aromatic nitrogens is 1. The zero-order chi connectivity index (χ0) is 59.5. The molecule has 2 amide bonds. The second kappa shape index (κ2) is 23.0. The first kappa shape index (κ1) is 59.0. The van der Waals surface area contributed by atoms with Crippen LogP contribution in [0.1, 0.15) is 114 Å². The molecule has 3 aromatic rings. The van der Waals surface area contributed by atoms with Crippen molar-refractivity contribution in [3.63, 3.8) is 0 Å². The lowest BCUT2D eigenvalue weighted by Crippen LogP contribution is -2.56. The number of phenolic OH excluding ortho intramolecular Hbond substituents is 1. The van der Waals surface area contributed by atoms with Crippen LogP contribution in [0.3, 0.4) is 0 Å². The number of fused-ring (bicyclic) bond motifs is 15. The van der Waals surface area contributed by atoms with E-state index in [1.54, 1.807) is 55.1 Å². The Balaban J connectivity index is 1.04. The van der Waals surface area contributed by atoms with Crippen LogP contribution in [0.5, 0.6) is 17.2 Å². The molecule has 1 aromatic heterocycles. The van der Waals surface area contributed by atoms with Gasteiger partial charge in [-0.25, -0.2) is 14.0 Å². The van der Waals surface area contributed by atoms with Crippen LogP contribution in [0, 0.1) is 36.4 Å². The topological polar surface area (TPSA) is 282 Å². The highest BCUT2D eigenvalue weighted by molar-refractivity contribution is 6.32. The summed E-state index contributed by atoms with van der Waals surface area (Å²) < 4.78 is 54.1. The maximum Gasteiger partial charge on any atom is 0.410 e. The predicted molar refractivity (Wildman–Crippen MR) is 294 cm³/mol. The van der Waals surface area contributed by atoms with Gasteiger partial charge in [0.05, 0.1) is 72.5 Å². The van der Waals surface area contributed by atoms with Gasteiger partial charge in [0.15, 0.2) is 11.6 Å². The number of pyridine rings is 1. The zero-order valence-corrected chi connectivity index (χ0v) is 47.4. The Labute approximate surface area is 472 Å². The molecule has 10 atom stereocenters. The number of phenols is 1. The number of hydrogen-bond acceptors (Lipinski definition) is 18. The quantitative estimate of drug-likeness (QED) is 0.193. The van der Waals surface area contributed by atoms with Crippen molar-refractivity contribution in [2.24, 2.45) is 23.7 Å². The van der Waals surface area contributed by atoms with Gasteiger partial charge in [-0.1, -0.05) is 45.9 Å². The molecule has 5 bridgehead atoms. The number of piperazine rings is 1. The third-order valence-corrected chi connectivity index (χ3v) is 16.9. The number of carboxylic acids is 1. The largest absolute Gasteiger partial charge is 0.507 e. The van der Waals surface area contributed by atoms with E-state index in [2.05, 4.69) is 5.32 Å². The second-order valence-corrected chi connectivity index (χ2v) is 22.3. The van der Waals surface area contributed by atoms with Gasteiger partial charge in [-0.3, -0.25) is 24.0 Å². The minimum atomic E-state index is -2.19. The number of halogens is 1. The molecule has 22 nitrogen and oxygen atoms in total. The van der Waals surface area contributed by atoms with Crippen LogP contribution in [0.2, 0.25) is 0 Å². The number of carbonyl (C=O) groups excluding carboxylic acids is 5. The fraction of sp³-hybridized carbons (Fsp3) is 0.508. The SMILES string of the molecule is COc1c(N2CCN(C(=O)O[C@H]3[C@H](C)[C@H](O)[C@H](C)[C@@H](O)[C@@H](C)C=CC=C(C)C(=O)NC4=C(N5CCOCC5)C(=O)c5c(c(O)c(C)c6c5C(=O)[C@@](C)(OC=C[C@H](OC)[C@H]3C)O6)C4=O)C(C)C2)c(F)cc2c(=O)c(C(=O)O)cn(C3CC3)c12. The van der Waals surface area contributed by atoms with Crippen molar-refractivity contribution in [3.8, 4) is 17.2 Å². The number of aromatic hydroxyl groups is 1. The lowest BCUT2D eigenvalue weighted by atomic mass is 9.78. The van der Waals surface area contributed by atoms with Crippen LogP contribution in [0.4, 0.5) is 14.9 Å². The highest BCUT2D eigenvalue weighted by atomic mass is 19.1. The second-order valence-electron chi connectivity index (χ2n) is 22.3. The Morgan fingerprint density at radius 3 is 2.20 bits per heavy atom. The van der Waals surface area contributed by atoms with E-state index in [4.69, 9.17) is 28.4 Å². The number of aromatic carboxylic acids is 1. The van der Waals surface area contributed by atoms with Crippen LogP contribution >= 0.6 is 0 Å². The molecule has 2 saturated heterocycles. The minimum Gasteiger partial charge on any atom is -0.507 e. The first-order valence-corrected chi connectivity index (χ1v) is 27.5. The third-order valence-electron chi connectivity index (χ3n) is 16.9. The molecular weight excluding hydrogens is 1070 g/mol. The first-order chi connectivity index (χ1) is 38.9. The summed E-state index contributed by atoms with van der Waals surface area (Å²) in [5.41, 5.74) is -2.86. The number of benzene rings is 2. The molecule has 3 fully saturated rings. The minimum absolute atomic E-state index is 0.00321. The fourth-order valence-corrected chi connectivity index (χ4v) is 11.9. The Bertz CT molecular complexity index is 3340. The maximum absolute atomic E-state index is 16.4. The average Bonchev–Trinajstić information content (AvgIpc) is 1.71. The van der Waals surface area contributed by atoms with Crippen molar-refractivity contribution in [1.29, 1.82) is 0 Å². The normalized spacial score (nSPS) is 28.5. The monoisotopic (exact) mass is 1140 g/mol. The molecule has 2 aromatic carbocycles. The molecule has 1 unspecified atom stereocenters. The number of hydrogen-bond donors (Lipinski definition) is 5. The molecule has 440 valence electrons. The van der Waals surface area contributed by atoms with Gasteiger partial charge in [-0.2, -0.15) is 0 Å². The number of rotatable bonds is 7. The summed E-state index contributed by atoms with van der Waals surface area (Å²) in [6, 6.07) is 0.261. The Hall–Kier alpha value is -7.60. The van der Waals surface area contributed by atoms with E-state index >= 15 is 4.39 Å². The van der Waals surface area contributed by atoms with Gasteiger partial charge in [0.2, 0.25) is 17.0 Å². The first-order valence-electron chi connectivity index (χ1n) is 27.5. The molecule has 0 spiro atoms. The predicted octanol–water partition coefficient (Wildman–Crippen LogP) is 5.57. The van der Waals surface area contributed by atoms with Crippen molar-refractivity contribution in [3.05, 3.63) is 104 Å². The van der Waals surface area contributed by atoms with E-state index in [-0.39, 0.29) is 102 Å². The lowest BCUT2D eigenvalue weighted by molar-refractivity contribution is -0.116. The van der Waals surface area contributed by atoms with E-state index in [1.807, 2.05) is 0 Å². The number of anilines is 1. The number of Topliss-reactive ketones (excluding diaryl/α,β-unsaturated/α-hetero) is 3. The van der Waals surface area contributed by atoms with Gasteiger partial charge in [0.25, 0.3) is 11.7 Å². The van der Waals surface area contributed by atoms with Gasteiger partial charge in [0, 0.05) is 99.8 Å². The summed E-state index contributed by atoms with van der Waals surface area (Å²) in [4.78, 5) is 103. The molecule has 82 heavy (non-hydrogen) atoms. The van der Waals surface area contributed by atoms with E-state index in [0.717, 1.165) is 12.3 Å². The van der Waals surface area contributed by atoms with Crippen molar-refractivity contribution in [2.45, 2.75) is 111 Å². The van der Waals surface area contributed by atoms with Gasteiger partial charge in [0.1, 0.15) is 40.2 Å². The third kappa shape index (κ3) is 10.4. The number of ketones is 3. The number of allylic oxidation sites excluding steroid dienone is 4. The molecule has 0 radical (unpaired) electrons. The molecule has 2 aliphatic carbocycles. The summed E-state index contributed by atoms with van der Waals surface area (Å²) in [5, 5.41) is 47.9. The number of amides is 2. The summed E-state index contributed by atoms with van der Waals surface area (Å²) in [6.07, 6.45) is 4.41. The Kier molecular flexibility index (Phi) is 16.5. The number of nitrogens with one attached hydrogen (secondary N) is 1. The number of methoxy groups -OCH3 is 2. The zero-order valence-electron chi connectivity index (χ0n) is 47.4. The van der Waals surface area contributed by atoms with Crippen molar-refractivity contribution >= 4 is 51.9 Å². The Morgan fingerprint density at radius 2 is 1.56 bits per heavy atom. The number of aliphatic hydroxyl groups is 2. The molecular formula is C59H70FN5O17. The Morgan fingerprint density at radius 1 is 0.866 bits per heavy atom. The standard InChI is InChI=1S/C59H70FN5O17/c1-27-12-11-13-28(2)56(73)61-42-45(62-19-22-79-23-20-62)51(71)39-40(50(42)70)48(68)33(7)53-41(39)55(72)59(8,82-53)80-21-16-38(77-9)30(4)52(32(6)47(67)31(5)46(27)66)81-58(76)64-18-17-63(25-29(64)3)44-37(60)24-35-43(54(44)78-10)65(34-14-15-34)26-36(49(35)69)57(74)75/h11-13,16,21,24,26-27,29-32,34,38,46-47,52,66-68H,14-15,17-20,22-23,25H2,1-10H3,(H,61,73)(H,74,75)/t27-,29?,30+,31+,32+,38-,46-,47+,52+,59-/m0/s1. The highest BCUT2D eigenvalue weighted by Gasteiger charge is 2.53. The van der Waals surface area contributed by atoms with Crippen LogP contribution in [0.15, 0.2) is 64.6 Å². The molecule has 5 N–H and O–H groups in total. The molecule has 23 heteroatoms. The number of carboxylic acid groups (broad SMARTS) is 1. The van der Waals surface area contributed by atoms with Crippen LogP contribution in [-0.2, 0) is 23.7 Å². The smallest absolute Gasteiger partial charge is 0.410 e. The number of ether oxygens (including phenoxy) is 6. The molecule has 10 rings (SSSR count). The van der Waals surface area contributed by atoms with Crippen molar-refractivity contribution in [1.82, 2.24) is 19.7 Å². The number of morpholine rings is 1. The van der Waals surface area contributed by atoms with E-state index in [0.29, 0.717) is 12.8 Å². The van der Waals surface area contributed by atoms with Crippen LogP contribution in [0.25, 0.3) is 10.9 Å². The van der Waals surface area contributed by atoms with E-state index in [9.17, 15) is 54.0 Å². The summed E-state index contributed by atoms with van der Waals surface area (Å²) >= 11 is 0. The van der Waals surface area contributed by atoms with Crippen LogP contribution in [-0.4, -0.2) is 167 Å². The molecule has 5 aliphatic heterocycles. The van der Waals surface area contributed by atoms with E-state index < -0.39 is 135 Å². The fourth-order valence-electron chi connectivity index (χ4n) is 11.9. The molecule has 6 heterocycles. The van der Waals surface area contributed by atoms with Crippen LogP contribution < -0.4 is 25.1 Å². The highest BCUT2D eigenvalue weighted by Crippen LogP contribution is 2.50. The van der Waals surface area contributed by atoms with Gasteiger partial charge in [-0.15, -0.1) is 0 Å². The molecule has 7 aliphatic rings. The van der Waals surface area contributed by atoms with Crippen molar-refractivity contribution in [2.75, 3.05) is 65.1 Å². The summed E-state index contributed by atoms with van der Waals surface area (Å²) in [7, 11) is 2.73. The number of nitrogens with zero attached hydrogens (tertiary/aromatic N) is 4. The summed E-state index contributed by atoms with van der Waals surface area (Å²) in [5.74, 6) is -11.8. The summed E-state index contributed by atoms with van der Waals surface area (Å²) in [6.45, 7) is 13.4. The molecule has 1 saturated carbocycles. The van der Waals surface area contributed by atoms with Gasteiger partial charge >= 0.3 is 17.8 Å². The lowest BCUT2D eigenvalue weighted by Gasteiger charge is -2.43.